The number of nitrogens with zero attached hydrogens (tertiary/aromatic N) is 4. The Labute approximate surface area is 163 Å². The molecule has 1 aromatic heterocycles. The summed E-state index contributed by atoms with van der Waals surface area (Å²) in [6.07, 6.45) is 0. The highest BCUT2D eigenvalue weighted by Crippen LogP contribution is 2.32. The number of amides is 1. The smallest absolute Gasteiger partial charge is 0.276 e. The van der Waals surface area contributed by atoms with Crippen molar-refractivity contribution in [2.45, 2.75) is 27.3 Å². The quantitative estimate of drug-likeness (QED) is 0.697. The number of benzene rings is 2. The maximum Gasteiger partial charge on any atom is 0.276 e. The van der Waals surface area contributed by atoms with Crippen molar-refractivity contribution in [2.75, 3.05) is 13.8 Å². The van der Waals surface area contributed by atoms with Gasteiger partial charge in [-0.15, -0.1) is 5.10 Å². The Balaban J connectivity index is 1.55. The van der Waals surface area contributed by atoms with E-state index in [4.69, 9.17) is 9.47 Å². The van der Waals surface area contributed by atoms with Crippen LogP contribution in [-0.2, 0) is 6.54 Å². The van der Waals surface area contributed by atoms with E-state index in [1.54, 1.807) is 18.9 Å². The molecule has 2 heterocycles. The van der Waals surface area contributed by atoms with Crippen LogP contribution >= 0.6 is 0 Å². The molecule has 0 saturated carbocycles. The molecule has 1 aliphatic heterocycles. The van der Waals surface area contributed by atoms with Crippen LogP contribution in [-0.4, -0.2) is 39.6 Å². The second-order valence-corrected chi connectivity index (χ2v) is 7.06. The molecule has 7 nitrogen and oxygen atoms in total. The fourth-order valence-electron chi connectivity index (χ4n) is 3.28. The van der Waals surface area contributed by atoms with E-state index in [-0.39, 0.29) is 12.7 Å². The van der Waals surface area contributed by atoms with Gasteiger partial charge in [-0.2, -0.15) is 9.90 Å². The highest BCUT2D eigenvalue weighted by atomic mass is 16.7. The van der Waals surface area contributed by atoms with Crippen LogP contribution in [0.25, 0.3) is 5.69 Å². The summed E-state index contributed by atoms with van der Waals surface area (Å²) in [6.45, 7) is 6.52. The van der Waals surface area contributed by atoms with Gasteiger partial charge in [-0.25, -0.2) is 0 Å². The molecule has 4 rings (SSSR count). The minimum absolute atomic E-state index is 0.175. The molecular weight excluding hydrogens is 356 g/mol. The summed E-state index contributed by atoms with van der Waals surface area (Å²) >= 11 is 0. The number of hydrogen-bond acceptors (Lipinski definition) is 5. The monoisotopic (exact) mass is 378 g/mol. The number of carbonyl (C=O) groups excluding carboxylic acids is 1. The van der Waals surface area contributed by atoms with Crippen LogP contribution in [0, 0.1) is 20.8 Å². The molecule has 2 aromatic carbocycles. The van der Waals surface area contributed by atoms with Crippen LogP contribution < -0.4 is 9.47 Å². The van der Waals surface area contributed by atoms with E-state index in [1.165, 1.54) is 10.4 Å². The molecule has 0 unspecified atom stereocenters. The molecule has 3 aromatic rings. The van der Waals surface area contributed by atoms with E-state index in [0.717, 1.165) is 22.6 Å². The second kappa shape index (κ2) is 6.99. The Bertz CT molecular complexity index is 1060. The van der Waals surface area contributed by atoms with Crippen molar-refractivity contribution in [3.8, 4) is 17.2 Å². The zero-order chi connectivity index (χ0) is 19.8. The van der Waals surface area contributed by atoms with Gasteiger partial charge in [-0.05, 0) is 50.1 Å². The van der Waals surface area contributed by atoms with Crippen LogP contribution in [0.1, 0.15) is 32.9 Å². The summed E-state index contributed by atoms with van der Waals surface area (Å²) in [5, 5.41) is 8.91. The molecule has 0 aliphatic carbocycles. The van der Waals surface area contributed by atoms with E-state index in [9.17, 15) is 4.79 Å². The number of aromatic nitrogens is 3. The standard InChI is InChI=1S/C21H22N4O3/c1-13-5-7-17(14(2)9-13)25-22-15(3)20(23-25)21(26)24(4)11-16-6-8-18-19(10-16)28-12-27-18/h5-10H,11-12H2,1-4H3. The van der Waals surface area contributed by atoms with Crippen molar-refractivity contribution in [3.63, 3.8) is 0 Å². The number of hydrogen-bond donors (Lipinski definition) is 0. The fourth-order valence-corrected chi connectivity index (χ4v) is 3.28. The average molecular weight is 378 g/mol. The Kier molecular flexibility index (Phi) is 4.50. The van der Waals surface area contributed by atoms with Gasteiger partial charge in [0.25, 0.3) is 5.91 Å². The van der Waals surface area contributed by atoms with E-state index in [1.807, 2.05) is 44.2 Å². The Morgan fingerprint density at radius 2 is 1.86 bits per heavy atom. The first-order chi connectivity index (χ1) is 13.4. The third kappa shape index (κ3) is 3.31. The third-order valence-corrected chi connectivity index (χ3v) is 4.76. The molecule has 0 saturated heterocycles. The summed E-state index contributed by atoms with van der Waals surface area (Å²) < 4.78 is 10.7. The van der Waals surface area contributed by atoms with Crippen LogP contribution in [0.15, 0.2) is 36.4 Å². The van der Waals surface area contributed by atoms with E-state index < -0.39 is 0 Å². The van der Waals surface area contributed by atoms with Crippen LogP contribution in [0.2, 0.25) is 0 Å². The molecule has 0 radical (unpaired) electrons. The van der Waals surface area contributed by atoms with E-state index in [0.29, 0.717) is 23.7 Å². The van der Waals surface area contributed by atoms with E-state index in [2.05, 4.69) is 16.3 Å². The summed E-state index contributed by atoms with van der Waals surface area (Å²) in [6, 6.07) is 11.7. The highest BCUT2D eigenvalue weighted by Gasteiger charge is 2.21. The number of ether oxygens (including phenoxy) is 2. The lowest BCUT2D eigenvalue weighted by Crippen LogP contribution is -2.27. The summed E-state index contributed by atoms with van der Waals surface area (Å²) in [7, 11) is 1.75. The lowest BCUT2D eigenvalue weighted by molar-refractivity contribution is 0.0778. The zero-order valence-electron chi connectivity index (χ0n) is 16.4. The first-order valence-electron chi connectivity index (χ1n) is 9.08. The lowest BCUT2D eigenvalue weighted by Gasteiger charge is -2.16. The van der Waals surface area contributed by atoms with Gasteiger partial charge in [0.1, 0.15) is 0 Å². The molecular formula is C21H22N4O3. The normalized spacial score (nSPS) is 12.3. The molecule has 0 atom stereocenters. The molecule has 144 valence electrons. The van der Waals surface area contributed by atoms with Gasteiger partial charge in [-0.1, -0.05) is 23.8 Å². The predicted molar refractivity (Wildman–Crippen MR) is 104 cm³/mol. The first kappa shape index (κ1) is 18.0. The molecule has 0 fully saturated rings. The molecule has 1 aliphatic rings. The highest BCUT2D eigenvalue weighted by molar-refractivity contribution is 5.93. The van der Waals surface area contributed by atoms with Crippen molar-refractivity contribution in [3.05, 3.63) is 64.5 Å². The van der Waals surface area contributed by atoms with Gasteiger partial charge in [0, 0.05) is 13.6 Å². The maximum absolute atomic E-state index is 12.9. The van der Waals surface area contributed by atoms with Gasteiger partial charge in [-0.3, -0.25) is 4.79 Å². The zero-order valence-corrected chi connectivity index (χ0v) is 16.4. The largest absolute Gasteiger partial charge is 0.454 e. The SMILES string of the molecule is Cc1ccc(-n2nc(C)c(C(=O)N(C)Cc3ccc4c(c3)OCO4)n2)c(C)c1. The number of carbonyl (C=O) groups is 1. The van der Waals surface area contributed by atoms with Crippen LogP contribution in [0.5, 0.6) is 11.5 Å². The Morgan fingerprint density at radius 3 is 2.64 bits per heavy atom. The minimum Gasteiger partial charge on any atom is -0.454 e. The topological polar surface area (TPSA) is 69.5 Å². The Hall–Kier alpha value is -3.35. The average Bonchev–Trinajstić information content (AvgIpc) is 3.27. The maximum atomic E-state index is 12.9. The second-order valence-electron chi connectivity index (χ2n) is 7.06. The van der Waals surface area contributed by atoms with E-state index >= 15 is 0 Å². The van der Waals surface area contributed by atoms with Crippen molar-refractivity contribution in [2.24, 2.45) is 0 Å². The van der Waals surface area contributed by atoms with Gasteiger partial charge >= 0.3 is 0 Å². The van der Waals surface area contributed by atoms with Crippen molar-refractivity contribution in [1.29, 1.82) is 0 Å². The van der Waals surface area contributed by atoms with Crippen LogP contribution in [0.3, 0.4) is 0 Å². The van der Waals surface area contributed by atoms with Gasteiger partial charge in [0.2, 0.25) is 6.79 Å². The number of rotatable bonds is 4. The minimum atomic E-state index is -0.175. The molecule has 28 heavy (non-hydrogen) atoms. The molecule has 0 N–H and O–H groups in total. The van der Waals surface area contributed by atoms with Crippen LogP contribution in [0.4, 0.5) is 0 Å². The van der Waals surface area contributed by atoms with Gasteiger partial charge in [0.05, 0.1) is 11.4 Å². The van der Waals surface area contributed by atoms with Crippen molar-refractivity contribution < 1.29 is 14.3 Å². The number of aryl methyl sites for hydroxylation is 3. The summed E-state index contributed by atoms with van der Waals surface area (Å²) in [5.74, 6) is 1.26. The third-order valence-electron chi connectivity index (χ3n) is 4.76. The van der Waals surface area contributed by atoms with Gasteiger partial charge in [0.15, 0.2) is 17.2 Å². The lowest BCUT2D eigenvalue weighted by atomic mass is 10.1. The fraction of sp³-hybridized carbons (Fsp3) is 0.286. The molecule has 0 spiro atoms. The Morgan fingerprint density at radius 1 is 1.07 bits per heavy atom. The van der Waals surface area contributed by atoms with Crippen molar-refractivity contribution in [1.82, 2.24) is 19.9 Å². The predicted octanol–water partition coefficient (Wildman–Crippen LogP) is 3.19. The first-order valence-corrected chi connectivity index (χ1v) is 9.08. The summed E-state index contributed by atoms with van der Waals surface area (Å²) in [5.41, 5.74) is 5.00. The molecule has 0 bridgehead atoms. The van der Waals surface area contributed by atoms with Crippen molar-refractivity contribution >= 4 is 5.91 Å². The number of fused-ring (bicyclic) bond motifs is 1. The molecule has 1 amide bonds. The van der Waals surface area contributed by atoms with Gasteiger partial charge < -0.3 is 14.4 Å². The summed E-state index contributed by atoms with van der Waals surface area (Å²) in [4.78, 5) is 16.1. The molecule has 7 heteroatoms.